The van der Waals surface area contributed by atoms with Gasteiger partial charge in [0.15, 0.2) is 5.82 Å². The highest BCUT2D eigenvalue weighted by atomic mass is 16.1. The number of aromatic nitrogens is 4. The van der Waals surface area contributed by atoms with Gasteiger partial charge < -0.3 is 20.0 Å². The van der Waals surface area contributed by atoms with Crippen LogP contribution in [0, 0.1) is 18.3 Å². The van der Waals surface area contributed by atoms with E-state index < -0.39 is 5.41 Å². The predicted molar refractivity (Wildman–Crippen MR) is 172 cm³/mol. The number of H-pyrrole nitrogens is 1. The molecule has 0 saturated carbocycles. The summed E-state index contributed by atoms with van der Waals surface area (Å²) in [6.45, 7) is 15.6. The summed E-state index contributed by atoms with van der Waals surface area (Å²) in [6, 6.07) is 15.7. The number of rotatable bonds is 8. The van der Waals surface area contributed by atoms with Crippen LogP contribution >= 0.6 is 0 Å². The van der Waals surface area contributed by atoms with Crippen molar-refractivity contribution in [3.63, 3.8) is 0 Å². The number of hydrogen-bond donors (Lipinski definition) is 2. The van der Waals surface area contributed by atoms with Crippen molar-refractivity contribution in [2.24, 2.45) is 0 Å². The SMILES string of the molecule is C=C(c1ccc2c(c1)CCc1cc(C)ccc1C2(CCNCC)c1nn[nH]n1)N1CCN(C)CC1.N#CC1CCCN1C=O. The summed E-state index contributed by atoms with van der Waals surface area (Å²) in [7, 11) is 2.19. The minimum atomic E-state index is -0.461. The fraction of sp³-hybridized carbons (Fsp3) is 0.500. The van der Waals surface area contributed by atoms with Crippen molar-refractivity contribution in [3.05, 3.63) is 82.2 Å². The molecule has 0 radical (unpaired) electrons. The molecule has 10 nitrogen and oxygen atoms in total. The quantitative estimate of drug-likeness (QED) is 0.301. The van der Waals surface area contributed by atoms with Crippen molar-refractivity contribution in [1.82, 2.24) is 40.6 Å². The standard InChI is InChI=1S/C28H37N7.C6H8N2O/c1-5-29-13-12-28(27-30-32-33-31-27)25-10-6-20(2)18-23(25)7-8-24-19-22(9-11-26(24)28)21(3)35-16-14-34(4)15-17-35;7-4-6-2-1-3-8(6)5-9/h6,9-11,18-19,29H,3,5,7-8,12-17H2,1-2,4H3,(H,30,31,32,33);5-6H,1-3H2. The summed E-state index contributed by atoms with van der Waals surface area (Å²) in [5, 5.41) is 27.9. The van der Waals surface area contributed by atoms with Gasteiger partial charge in [-0.25, -0.2) is 0 Å². The number of nitrogens with one attached hydrogen (secondary N) is 2. The molecule has 232 valence electrons. The lowest BCUT2D eigenvalue weighted by molar-refractivity contribution is -0.118. The number of nitriles is 1. The van der Waals surface area contributed by atoms with E-state index >= 15 is 0 Å². The molecular weight excluding hydrogens is 550 g/mol. The van der Waals surface area contributed by atoms with E-state index in [-0.39, 0.29) is 6.04 Å². The molecule has 2 fully saturated rings. The molecule has 2 N–H and O–H groups in total. The molecule has 2 unspecified atom stereocenters. The van der Waals surface area contributed by atoms with Gasteiger partial charge in [0.25, 0.3) is 0 Å². The first-order chi connectivity index (χ1) is 21.4. The van der Waals surface area contributed by atoms with E-state index in [1.807, 2.05) is 0 Å². The van der Waals surface area contributed by atoms with Gasteiger partial charge in [-0.1, -0.05) is 54.6 Å². The van der Waals surface area contributed by atoms with Crippen LogP contribution in [0.3, 0.4) is 0 Å². The van der Waals surface area contributed by atoms with Crippen molar-refractivity contribution in [3.8, 4) is 6.07 Å². The highest BCUT2D eigenvalue weighted by Gasteiger charge is 2.44. The summed E-state index contributed by atoms with van der Waals surface area (Å²) >= 11 is 0. The van der Waals surface area contributed by atoms with Crippen LogP contribution in [0.15, 0.2) is 43.0 Å². The zero-order chi connectivity index (χ0) is 31.1. The number of piperazine rings is 1. The average Bonchev–Trinajstić information content (AvgIpc) is 3.74. The Kier molecular flexibility index (Phi) is 10.1. The van der Waals surface area contributed by atoms with Gasteiger partial charge in [-0.15, -0.1) is 10.2 Å². The topological polar surface area (TPSA) is 117 Å². The van der Waals surface area contributed by atoms with Crippen molar-refractivity contribution in [2.45, 2.75) is 57.4 Å². The van der Waals surface area contributed by atoms with Crippen LogP contribution < -0.4 is 5.32 Å². The van der Waals surface area contributed by atoms with Crippen molar-refractivity contribution in [1.29, 1.82) is 5.26 Å². The molecule has 2 atom stereocenters. The largest absolute Gasteiger partial charge is 0.369 e. The maximum Gasteiger partial charge on any atom is 0.210 e. The Hall–Kier alpha value is -4.07. The zero-order valence-electron chi connectivity index (χ0n) is 26.3. The first kappa shape index (κ1) is 31.4. The van der Waals surface area contributed by atoms with Crippen LogP contribution in [0.5, 0.6) is 0 Å². The molecule has 10 heteroatoms. The van der Waals surface area contributed by atoms with Gasteiger partial charge in [0.2, 0.25) is 6.41 Å². The molecule has 44 heavy (non-hydrogen) atoms. The van der Waals surface area contributed by atoms with Gasteiger partial charge >= 0.3 is 0 Å². The summed E-state index contributed by atoms with van der Waals surface area (Å²) in [4.78, 5) is 16.5. The number of hydrogen-bond acceptors (Lipinski definition) is 8. The number of benzene rings is 2. The van der Waals surface area contributed by atoms with E-state index in [0.29, 0.717) is 0 Å². The number of aromatic amines is 1. The Morgan fingerprint density at radius 3 is 2.50 bits per heavy atom. The lowest BCUT2D eigenvalue weighted by Crippen LogP contribution is -2.43. The monoisotopic (exact) mass is 595 g/mol. The van der Waals surface area contributed by atoms with Crippen LogP contribution in [0.1, 0.15) is 65.4 Å². The second-order valence-corrected chi connectivity index (χ2v) is 12.1. The molecule has 2 saturated heterocycles. The predicted octanol–water partition coefficient (Wildman–Crippen LogP) is 3.29. The number of amides is 1. The summed E-state index contributed by atoms with van der Waals surface area (Å²) < 4.78 is 0. The second kappa shape index (κ2) is 14.1. The number of carbonyl (C=O) groups excluding carboxylic acids is 1. The van der Waals surface area contributed by atoms with Gasteiger partial charge in [0.05, 0.1) is 11.5 Å². The third kappa shape index (κ3) is 6.40. The number of tetrazole rings is 1. The number of likely N-dealkylation sites (tertiary alicyclic amines) is 1. The van der Waals surface area contributed by atoms with Crippen molar-refractivity contribution < 1.29 is 4.79 Å². The van der Waals surface area contributed by atoms with E-state index in [1.54, 1.807) is 4.90 Å². The fourth-order valence-electron chi connectivity index (χ4n) is 6.89. The molecule has 1 aromatic heterocycles. The van der Waals surface area contributed by atoms with Crippen LogP contribution in [-0.2, 0) is 23.1 Å². The average molecular weight is 596 g/mol. The summed E-state index contributed by atoms with van der Waals surface area (Å²) in [5.74, 6) is 0.745. The zero-order valence-corrected chi connectivity index (χ0v) is 26.3. The fourth-order valence-corrected chi connectivity index (χ4v) is 6.89. The number of nitrogens with zero attached hydrogens (tertiary/aromatic N) is 7. The third-order valence-corrected chi connectivity index (χ3v) is 9.40. The van der Waals surface area contributed by atoms with Gasteiger partial charge in [-0.3, -0.25) is 4.79 Å². The van der Waals surface area contributed by atoms with E-state index in [1.165, 1.54) is 33.4 Å². The van der Waals surface area contributed by atoms with E-state index in [9.17, 15) is 4.79 Å². The van der Waals surface area contributed by atoms with E-state index in [0.717, 1.165) is 95.8 Å². The van der Waals surface area contributed by atoms with Crippen LogP contribution in [-0.4, -0.2) is 101 Å². The minimum Gasteiger partial charge on any atom is -0.369 e. The van der Waals surface area contributed by atoms with Gasteiger partial charge in [-0.2, -0.15) is 10.5 Å². The summed E-state index contributed by atoms with van der Waals surface area (Å²) in [5.41, 5.74) is 8.47. The van der Waals surface area contributed by atoms with E-state index in [4.69, 9.17) is 5.26 Å². The molecule has 2 aromatic carbocycles. The number of carbonyl (C=O) groups is 1. The van der Waals surface area contributed by atoms with Crippen LogP contribution in [0.25, 0.3) is 5.70 Å². The maximum absolute atomic E-state index is 10.2. The molecule has 2 aliphatic heterocycles. The maximum atomic E-state index is 10.2. The van der Waals surface area contributed by atoms with Gasteiger partial charge in [0.1, 0.15) is 6.04 Å². The van der Waals surface area contributed by atoms with Gasteiger partial charge in [-0.05, 0) is 93.0 Å². The van der Waals surface area contributed by atoms with E-state index in [2.05, 4.69) is 106 Å². The lowest BCUT2D eigenvalue weighted by atomic mass is 9.69. The molecule has 0 bridgehead atoms. The molecule has 1 amide bonds. The Morgan fingerprint density at radius 1 is 1.14 bits per heavy atom. The smallest absolute Gasteiger partial charge is 0.210 e. The molecule has 3 heterocycles. The Labute approximate surface area is 261 Å². The molecule has 0 spiro atoms. The molecular formula is C34H45N9O. The van der Waals surface area contributed by atoms with Gasteiger partial charge in [0, 0.05) is 38.4 Å². The molecule has 3 aromatic rings. The Bertz CT molecular complexity index is 1470. The third-order valence-electron chi connectivity index (χ3n) is 9.40. The number of likely N-dealkylation sites (N-methyl/N-ethyl adjacent to an activating group) is 1. The first-order valence-corrected chi connectivity index (χ1v) is 15.8. The summed E-state index contributed by atoms with van der Waals surface area (Å²) in [6.07, 6.45) is 5.40. The first-order valence-electron chi connectivity index (χ1n) is 15.8. The second-order valence-electron chi connectivity index (χ2n) is 12.1. The molecule has 1 aliphatic carbocycles. The van der Waals surface area contributed by atoms with Crippen molar-refractivity contribution in [2.75, 3.05) is 52.9 Å². The van der Waals surface area contributed by atoms with Crippen LogP contribution in [0.4, 0.5) is 0 Å². The van der Waals surface area contributed by atoms with Crippen molar-refractivity contribution >= 4 is 12.1 Å². The molecule has 6 rings (SSSR count). The lowest BCUT2D eigenvalue weighted by Gasteiger charge is -2.36. The molecule has 3 aliphatic rings. The number of aryl methyl sites for hydroxylation is 3. The highest BCUT2D eigenvalue weighted by molar-refractivity contribution is 5.65. The normalized spacial score (nSPS) is 21.4. The highest BCUT2D eigenvalue weighted by Crippen LogP contribution is 2.46. The Balaban J connectivity index is 0.000000367. The Morgan fingerprint density at radius 2 is 1.86 bits per heavy atom. The number of fused-ring (bicyclic) bond motifs is 2. The minimum absolute atomic E-state index is 0.150. The van der Waals surface area contributed by atoms with Crippen LogP contribution in [0.2, 0.25) is 0 Å².